The highest BCUT2D eigenvalue weighted by Gasteiger charge is 2.33. The van der Waals surface area contributed by atoms with Crippen LogP contribution in [0.5, 0.6) is 23.0 Å². The van der Waals surface area contributed by atoms with Crippen molar-refractivity contribution in [3.8, 4) is 23.0 Å². The van der Waals surface area contributed by atoms with Crippen LogP contribution in [0.15, 0.2) is 51.7 Å². The SMILES string of the molecule is O=c1ccc2cc3c(cc2o1)O[C@@H](c1ccc(O)c(O)c1)[C@H](CO)O3. The van der Waals surface area contributed by atoms with Gasteiger partial charge in [-0.2, -0.15) is 0 Å². The summed E-state index contributed by atoms with van der Waals surface area (Å²) in [5.41, 5.74) is 0.400. The quantitative estimate of drug-likeness (QED) is 0.483. The molecule has 25 heavy (non-hydrogen) atoms. The summed E-state index contributed by atoms with van der Waals surface area (Å²) in [7, 11) is 0. The summed E-state index contributed by atoms with van der Waals surface area (Å²) in [6, 6.07) is 10.4. The van der Waals surface area contributed by atoms with E-state index in [0.717, 1.165) is 0 Å². The molecule has 0 fully saturated rings. The van der Waals surface area contributed by atoms with Gasteiger partial charge in [0.25, 0.3) is 0 Å². The van der Waals surface area contributed by atoms with Crippen molar-refractivity contribution >= 4 is 11.0 Å². The molecule has 0 spiro atoms. The fraction of sp³-hybridized carbons (Fsp3) is 0.167. The van der Waals surface area contributed by atoms with Crippen LogP contribution in [0.1, 0.15) is 11.7 Å². The molecule has 1 aliphatic rings. The van der Waals surface area contributed by atoms with E-state index in [9.17, 15) is 20.1 Å². The largest absolute Gasteiger partial charge is 0.504 e. The highest BCUT2D eigenvalue weighted by atomic mass is 16.6. The molecule has 0 saturated heterocycles. The second kappa shape index (κ2) is 5.71. The molecule has 0 saturated carbocycles. The minimum Gasteiger partial charge on any atom is -0.504 e. The van der Waals surface area contributed by atoms with Gasteiger partial charge in [0, 0.05) is 23.1 Å². The van der Waals surface area contributed by atoms with Crippen LogP contribution in [0.2, 0.25) is 0 Å². The lowest BCUT2D eigenvalue weighted by Crippen LogP contribution is -2.36. The van der Waals surface area contributed by atoms with E-state index < -0.39 is 17.8 Å². The maximum Gasteiger partial charge on any atom is 0.336 e. The van der Waals surface area contributed by atoms with Crippen molar-refractivity contribution in [1.82, 2.24) is 0 Å². The molecule has 0 bridgehead atoms. The topological polar surface area (TPSA) is 109 Å². The van der Waals surface area contributed by atoms with Crippen molar-refractivity contribution in [1.29, 1.82) is 0 Å². The van der Waals surface area contributed by atoms with E-state index in [2.05, 4.69) is 0 Å². The number of rotatable bonds is 2. The Morgan fingerprint density at radius 2 is 1.72 bits per heavy atom. The minimum absolute atomic E-state index is 0.255. The molecule has 2 heterocycles. The number of phenolic OH excluding ortho intramolecular Hbond substituents is 2. The number of benzene rings is 2. The average Bonchev–Trinajstić information content (AvgIpc) is 2.61. The van der Waals surface area contributed by atoms with Crippen LogP contribution < -0.4 is 15.1 Å². The molecule has 4 rings (SSSR count). The molecule has 7 nitrogen and oxygen atoms in total. The normalized spacial score (nSPS) is 19.1. The molecule has 3 aromatic rings. The van der Waals surface area contributed by atoms with Crippen molar-refractivity contribution in [2.45, 2.75) is 12.2 Å². The Bertz CT molecular complexity index is 1010. The van der Waals surface area contributed by atoms with Gasteiger partial charge in [0.05, 0.1) is 6.61 Å². The van der Waals surface area contributed by atoms with Crippen molar-refractivity contribution in [3.63, 3.8) is 0 Å². The van der Waals surface area contributed by atoms with Crippen molar-refractivity contribution in [3.05, 3.63) is 58.4 Å². The Kier molecular flexibility index (Phi) is 3.51. The highest BCUT2D eigenvalue weighted by molar-refractivity contribution is 5.80. The summed E-state index contributed by atoms with van der Waals surface area (Å²) in [4.78, 5) is 11.4. The van der Waals surface area contributed by atoms with E-state index in [4.69, 9.17) is 13.9 Å². The first-order valence-corrected chi connectivity index (χ1v) is 7.59. The predicted molar refractivity (Wildman–Crippen MR) is 87.1 cm³/mol. The average molecular weight is 342 g/mol. The van der Waals surface area contributed by atoms with Gasteiger partial charge < -0.3 is 29.2 Å². The Hall–Kier alpha value is -3.19. The van der Waals surface area contributed by atoms with Gasteiger partial charge in [-0.1, -0.05) is 6.07 Å². The lowest BCUT2D eigenvalue weighted by Gasteiger charge is -2.33. The van der Waals surface area contributed by atoms with Crippen LogP contribution in [0.4, 0.5) is 0 Å². The number of fused-ring (bicyclic) bond motifs is 2. The van der Waals surface area contributed by atoms with Crippen molar-refractivity contribution in [2.24, 2.45) is 0 Å². The molecule has 0 unspecified atom stereocenters. The third-order valence-electron chi connectivity index (χ3n) is 4.06. The molecular weight excluding hydrogens is 328 g/mol. The van der Waals surface area contributed by atoms with E-state index in [-0.39, 0.29) is 18.1 Å². The molecule has 2 atom stereocenters. The zero-order valence-corrected chi connectivity index (χ0v) is 12.9. The maximum absolute atomic E-state index is 11.4. The number of phenols is 2. The van der Waals surface area contributed by atoms with Crippen LogP contribution in [0.3, 0.4) is 0 Å². The molecule has 7 heteroatoms. The molecular formula is C18H14O7. The van der Waals surface area contributed by atoms with E-state index in [1.54, 1.807) is 24.3 Å². The van der Waals surface area contributed by atoms with Crippen LogP contribution in [0, 0.1) is 0 Å². The lowest BCUT2D eigenvalue weighted by atomic mass is 10.0. The smallest absolute Gasteiger partial charge is 0.336 e. The fourth-order valence-electron chi connectivity index (χ4n) is 2.83. The van der Waals surface area contributed by atoms with Crippen molar-refractivity contribution < 1.29 is 29.2 Å². The molecule has 0 aliphatic carbocycles. The van der Waals surface area contributed by atoms with Crippen molar-refractivity contribution in [2.75, 3.05) is 6.61 Å². The monoisotopic (exact) mass is 342 g/mol. The van der Waals surface area contributed by atoms with E-state index in [1.165, 1.54) is 18.2 Å². The van der Waals surface area contributed by atoms with Gasteiger partial charge >= 0.3 is 5.63 Å². The zero-order chi connectivity index (χ0) is 17.6. The summed E-state index contributed by atoms with van der Waals surface area (Å²) >= 11 is 0. The first kappa shape index (κ1) is 15.3. The highest BCUT2D eigenvalue weighted by Crippen LogP contribution is 2.42. The number of hydrogen-bond donors (Lipinski definition) is 3. The Balaban J connectivity index is 1.79. The van der Waals surface area contributed by atoms with E-state index in [1.807, 2.05) is 0 Å². The number of ether oxygens (including phenoxy) is 2. The molecule has 2 aromatic carbocycles. The zero-order valence-electron chi connectivity index (χ0n) is 12.9. The van der Waals surface area contributed by atoms with Gasteiger partial charge in [0.15, 0.2) is 35.2 Å². The summed E-state index contributed by atoms with van der Waals surface area (Å²) in [6.07, 6.45) is -1.42. The lowest BCUT2D eigenvalue weighted by molar-refractivity contribution is -0.0122. The predicted octanol–water partition coefficient (Wildman–Crippen LogP) is 2.08. The van der Waals surface area contributed by atoms with Crippen LogP contribution in [-0.4, -0.2) is 28.0 Å². The second-order valence-corrected chi connectivity index (χ2v) is 5.72. The first-order chi connectivity index (χ1) is 12.0. The summed E-state index contributed by atoms with van der Waals surface area (Å²) in [5.74, 6) is 0.214. The third-order valence-corrected chi connectivity index (χ3v) is 4.06. The third kappa shape index (κ3) is 2.64. The van der Waals surface area contributed by atoms with Gasteiger partial charge in [-0.05, 0) is 24.3 Å². The number of aliphatic hydroxyl groups excluding tert-OH is 1. The standard InChI is InChI=1S/C18H14O7/c19-8-16-18(10-1-3-11(20)12(21)5-10)25-15-7-13-9(6-14(15)23-16)2-4-17(22)24-13/h1-7,16,18-21H,8H2/t16-,18-/m0/s1. The Labute approximate surface area is 141 Å². The summed E-state index contributed by atoms with van der Waals surface area (Å²) in [6.45, 7) is -0.312. The Morgan fingerprint density at radius 3 is 2.48 bits per heavy atom. The van der Waals surface area contributed by atoms with E-state index >= 15 is 0 Å². The van der Waals surface area contributed by atoms with Crippen LogP contribution in [0.25, 0.3) is 11.0 Å². The molecule has 0 amide bonds. The summed E-state index contributed by atoms with van der Waals surface area (Å²) < 4.78 is 16.9. The van der Waals surface area contributed by atoms with Gasteiger partial charge in [0.2, 0.25) is 0 Å². The molecule has 0 radical (unpaired) electrons. The maximum atomic E-state index is 11.4. The molecule has 1 aliphatic heterocycles. The summed E-state index contributed by atoms with van der Waals surface area (Å²) in [5, 5.41) is 29.5. The van der Waals surface area contributed by atoms with Gasteiger partial charge in [-0.3, -0.25) is 0 Å². The molecule has 1 aromatic heterocycles. The van der Waals surface area contributed by atoms with Crippen LogP contribution in [-0.2, 0) is 0 Å². The number of hydrogen-bond acceptors (Lipinski definition) is 7. The number of aliphatic hydroxyl groups is 1. The molecule has 3 N–H and O–H groups in total. The number of aromatic hydroxyl groups is 2. The second-order valence-electron chi connectivity index (χ2n) is 5.72. The van der Waals surface area contributed by atoms with E-state index in [0.29, 0.717) is 28.0 Å². The van der Waals surface area contributed by atoms with Gasteiger partial charge in [-0.15, -0.1) is 0 Å². The fourth-order valence-corrected chi connectivity index (χ4v) is 2.83. The van der Waals surface area contributed by atoms with Gasteiger partial charge in [-0.25, -0.2) is 4.79 Å². The van der Waals surface area contributed by atoms with Crippen LogP contribution >= 0.6 is 0 Å². The van der Waals surface area contributed by atoms with Gasteiger partial charge in [0.1, 0.15) is 5.58 Å². The molecule has 128 valence electrons. The minimum atomic E-state index is -0.711. The Morgan fingerprint density at radius 1 is 0.920 bits per heavy atom. The first-order valence-electron chi connectivity index (χ1n) is 7.59.